The Hall–Kier alpha value is 0.955. The summed E-state index contributed by atoms with van der Waals surface area (Å²) in [5, 5.41) is 10.3. The van der Waals surface area contributed by atoms with Gasteiger partial charge in [-0.15, -0.1) is 0 Å². The van der Waals surface area contributed by atoms with Crippen LogP contribution in [0, 0.1) is 39.9 Å². The van der Waals surface area contributed by atoms with E-state index in [0.29, 0.717) is 0 Å². The van der Waals surface area contributed by atoms with Crippen molar-refractivity contribution < 1.29 is 45.0 Å². The summed E-state index contributed by atoms with van der Waals surface area (Å²) in [6.07, 6.45) is 3.67. The quantitative estimate of drug-likeness (QED) is 0.740. The minimum absolute atomic E-state index is 0. The molecule has 0 atom stereocenters. The monoisotopic (exact) mass is 343 g/mol. The van der Waals surface area contributed by atoms with E-state index in [4.69, 9.17) is 0 Å². The summed E-state index contributed by atoms with van der Waals surface area (Å²) < 4.78 is 0. The van der Waals surface area contributed by atoms with Crippen LogP contribution in [0.5, 0.6) is 0 Å². The number of aliphatic imine (C=N–C) groups is 1. The van der Waals surface area contributed by atoms with Gasteiger partial charge in [-0.1, -0.05) is 26.7 Å². The predicted octanol–water partition coefficient (Wildman–Crippen LogP) is 2.80. The molecule has 3 heteroatoms. The Morgan fingerprint density at radius 3 is 1.86 bits per heavy atom. The van der Waals surface area contributed by atoms with Gasteiger partial charge >= 0.3 is 0 Å². The zero-order valence-electron chi connectivity index (χ0n) is 9.78. The van der Waals surface area contributed by atoms with Crippen LogP contribution in [-0.4, -0.2) is 23.0 Å². The Bertz CT molecular complexity index is 163. The third-order valence-electron chi connectivity index (χ3n) is 2.40. The van der Waals surface area contributed by atoms with E-state index in [0.717, 1.165) is 37.9 Å². The van der Waals surface area contributed by atoms with Crippen LogP contribution in [0.3, 0.4) is 0 Å². The molecule has 0 amide bonds. The number of rotatable bonds is 6. The number of aliphatic hydroxyl groups is 1. The third kappa shape index (κ3) is 5.74. The fourth-order valence-corrected chi connectivity index (χ4v) is 1.70. The molecule has 14 heavy (non-hydrogen) atoms. The van der Waals surface area contributed by atoms with E-state index < -0.39 is 5.60 Å². The summed E-state index contributed by atoms with van der Waals surface area (Å²) in [4.78, 5) is 4.30. The average Bonchev–Trinajstić information content (AvgIpc) is 2.05. The van der Waals surface area contributed by atoms with E-state index in [1.54, 1.807) is 0 Å². The minimum Gasteiger partial charge on any atom is -0.384 e. The van der Waals surface area contributed by atoms with Crippen molar-refractivity contribution in [2.24, 2.45) is 4.99 Å². The molecule has 0 unspecified atom stereocenters. The van der Waals surface area contributed by atoms with Crippen LogP contribution in [0.2, 0.25) is 0 Å². The van der Waals surface area contributed by atoms with Crippen molar-refractivity contribution in [3.8, 4) is 0 Å². The summed E-state index contributed by atoms with van der Waals surface area (Å²) in [6, 6.07) is 0. The summed E-state index contributed by atoms with van der Waals surface area (Å²) in [6.45, 7) is 8.90. The van der Waals surface area contributed by atoms with Gasteiger partial charge < -0.3 is 5.11 Å². The fraction of sp³-hybridized carbons (Fsp3) is 0.909. The largest absolute Gasteiger partial charge is 0.384 e. The van der Waals surface area contributed by atoms with Gasteiger partial charge in [0.05, 0.1) is 0 Å². The van der Waals surface area contributed by atoms with Gasteiger partial charge in [0, 0.05) is 52.2 Å². The van der Waals surface area contributed by atoms with E-state index >= 15 is 0 Å². The van der Waals surface area contributed by atoms with Crippen molar-refractivity contribution in [3.05, 3.63) is 0 Å². The van der Waals surface area contributed by atoms with E-state index in [9.17, 15) is 5.11 Å². The van der Waals surface area contributed by atoms with Crippen LogP contribution >= 0.6 is 0 Å². The minimum atomic E-state index is -0.639. The molecule has 0 fully saturated rings. The summed E-state index contributed by atoms with van der Waals surface area (Å²) in [5.41, 5.74) is 0.262. The molecule has 0 radical (unpaired) electrons. The van der Waals surface area contributed by atoms with Gasteiger partial charge in [-0.05, 0) is 26.7 Å². The van der Waals surface area contributed by atoms with Crippen molar-refractivity contribution >= 4 is 5.71 Å². The molecule has 0 aliphatic carbocycles. The van der Waals surface area contributed by atoms with Crippen molar-refractivity contribution in [1.29, 1.82) is 0 Å². The number of nitrogens with zero attached hydrogens (tertiary/aromatic N) is 1. The molecule has 0 rings (SSSR count). The smallest absolute Gasteiger partial charge is 0.102 e. The van der Waals surface area contributed by atoms with Gasteiger partial charge in [0.15, 0.2) is 0 Å². The molecule has 86 valence electrons. The van der Waals surface area contributed by atoms with E-state index in [2.05, 4.69) is 18.8 Å². The topological polar surface area (TPSA) is 32.6 Å². The molecule has 2 nitrogen and oxygen atoms in total. The Kier molecular flexibility index (Phi) is 11.4. The molecule has 0 aromatic heterocycles. The van der Waals surface area contributed by atoms with Crippen molar-refractivity contribution in [1.82, 2.24) is 0 Å². The molecule has 0 spiro atoms. The van der Waals surface area contributed by atoms with Crippen LogP contribution in [0.25, 0.3) is 0 Å². The Morgan fingerprint density at radius 2 is 1.57 bits per heavy atom. The first kappa shape index (κ1) is 17.4. The number of hydrogen-bond acceptors (Lipinski definition) is 2. The zero-order chi connectivity index (χ0) is 10.3. The molecule has 0 aliphatic rings. The predicted molar refractivity (Wildman–Crippen MR) is 58.4 cm³/mol. The van der Waals surface area contributed by atoms with Crippen molar-refractivity contribution in [2.75, 3.05) is 6.54 Å². The molecule has 0 saturated heterocycles. The summed E-state index contributed by atoms with van der Waals surface area (Å²) in [5.74, 6) is 0. The van der Waals surface area contributed by atoms with Crippen LogP contribution in [-0.2, 0) is 0 Å². The first-order chi connectivity index (χ1) is 6.10. The summed E-state index contributed by atoms with van der Waals surface area (Å²) in [7, 11) is 0. The zero-order valence-corrected chi connectivity index (χ0v) is 12.1. The Balaban J connectivity index is 0. The second-order valence-electron chi connectivity index (χ2n) is 3.59. The maximum absolute atomic E-state index is 10.3. The van der Waals surface area contributed by atoms with E-state index in [-0.39, 0.29) is 39.9 Å². The van der Waals surface area contributed by atoms with Gasteiger partial charge in [-0.3, -0.25) is 4.99 Å². The molecule has 0 saturated carbocycles. The second-order valence-corrected chi connectivity index (χ2v) is 3.59. The van der Waals surface area contributed by atoms with Crippen LogP contribution in [0.15, 0.2) is 4.99 Å². The standard InChI is InChI=1S/C11H23NO.Gd/c1-5-8-11(13,9-6-2)10(4)12-7-3;/h13H,5-9H2,1-4H3;. The van der Waals surface area contributed by atoms with E-state index in [1.807, 2.05) is 13.8 Å². The first-order valence-electron chi connectivity index (χ1n) is 5.34. The van der Waals surface area contributed by atoms with Crippen LogP contribution in [0.4, 0.5) is 0 Å². The van der Waals surface area contributed by atoms with Gasteiger partial charge in [0.25, 0.3) is 0 Å². The molecule has 0 aromatic carbocycles. The Labute approximate surface area is 120 Å². The molecule has 1 N–H and O–H groups in total. The van der Waals surface area contributed by atoms with Gasteiger partial charge in [-0.25, -0.2) is 0 Å². The fourth-order valence-electron chi connectivity index (χ4n) is 1.70. The van der Waals surface area contributed by atoms with Crippen molar-refractivity contribution in [3.63, 3.8) is 0 Å². The normalized spacial score (nSPS) is 12.5. The third-order valence-corrected chi connectivity index (χ3v) is 2.40. The van der Waals surface area contributed by atoms with Gasteiger partial charge in [0.2, 0.25) is 0 Å². The number of hydrogen-bond donors (Lipinski definition) is 1. The summed E-state index contributed by atoms with van der Waals surface area (Å²) >= 11 is 0. The van der Waals surface area contributed by atoms with Crippen molar-refractivity contribution in [2.45, 2.75) is 59.0 Å². The molecular formula is C11H23GdNO. The maximum Gasteiger partial charge on any atom is 0.102 e. The van der Waals surface area contributed by atoms with E-state index in [1.165, 1.54) is 0 Å². The maximum atomic E-state index is 10.3. The molecular weight excluding hydrogens is 319 g/mol. The van der Waals surface area contributed by atoms with Crippen LogP contribution < -0.4 is 0 Å². The van der Waals surface area contributed by atoms with Gasteiger partial charge in [0.1, 0.15) is 5.60 Å². The first-order valence-corrected chi connectivity index (χ1v) is 5.34. The van der Waals surface area contributed by atoms with Crippen LogP contribution in [0.1, 0.15) is 53.4 Å². The molecule has 0 bridgehead atoms. The molecule has 0 heterocycles. The van der Waals surface area contributed by atoms with Gasteiger partial charge in [-0.2, -0.15) is 0 Å². The second kappa shape index (κ2) is 9.20. The molecule has 0 aliphatic heterocycles. The SMILES string of the molecule is CCCC(O)(CCC)C(C)=NCC.[Gd]. The Morgan fingerprint density at radius 1 is 1.14 bits per heavy atom. The average molecular weight is 343 g/mol. The molecule has 0 aromatic rings.